The van der Waals surface area contributed by atoms with E-state index in [1.807, 2.05) is 31.2 Å². The molecule has 1 aromatic rings. The van der Waals surface area contributed by atoms with Crippen molar-refractivity contribution < 1.29 is 5.21 Å². The molecule has 1 aromatic carbocycles. The summed E-state index contributed by atoms with van der Waals surface area (Å²) in [5.74, 6) is 0. The summed E-state index contributed by atoms with van der Waals surface area (Å²) in [6.45, 7) is 1.99. The van der Waals surface area contributed by atoms with E-state index in [0.29, 0.717) is 16.2 Å². The van der Waals surface area contributed by atoms with Crippen LogP contribution >= 0.6 is 11.6 Å². The van der Waals surface area contributed by atoms with Gasteiger partial charge in [-0.25, -0.2) is 0 Å². The second-order valence-corrected chi connectivity index (χ2v) is 4.53. The van der Waals surface area contributed by atoms with Crippen LogP contribution in [0.15, 0.2) is 58.3 Å². The maximum Gasteiger partial charge on any atom is 0.121 e. The summed E-state index contributed by atoms with van der Waals surface area (Å²) in [4.78, 5) is 0. The van der Waals surface area contributed by atoms with Crippen molar-refractivity contribution in [2.75, 3.05) is 0 Å². The van der Waals surface area contributed by atoms with Crippen molar-refractivity contribution >= 4 is 22.9 Å². The van der Waals surface area contributed by atoms with E-state index in [-0.39, 0.29) is 5.71 Å². The molecule has 19 heavy (non-hydrogen) atoms. The monoisotopic (exact) mass is 270 g/mol. The smallest absolute Gasteiger partial charge is 0.121 e. The van der Waals surface area contributed by atoms with E-state index in [9.17, 15) is 5.26 Å². The highest BCUT2D eigenvalue weighted by atomic mass is 35.5. The zero-order chi connectivity index (χ0) is 13.8. The lowest BCUT2D eigenvalue weighted by atomic mass is 9.97. The number of nitriles is 1. The molecule has 0 heterocycles. The van der Waals surface area contributed by atoms with Crippen LogP contribution in [0.25, 0.3) is 5.57 Å². The topological polar surface area (TPSA) is 56.4 Å². The van der Waals surface area contributed by atoms with Gasteiger partial charge in [-0.2, -0.15) is 5.26 Å². The molecule has 0 aromatic heterocycles. The highest BCUT2D eigenvalue weighted by Gasteiger charge is 2.12. The van der Waals surface area contributed by atoms with Gasteiger partial charge in [0.15, 0.2) is 0 Å². The van der Waals surface area contributed by atoms with Crippen molar-refractivity contribution in [2.45, 2.75) is 6.92 Å². The fourth-order valence-corrected chi connectivity index (χ4v) is 1.98. The first-order valence-corrected chi connectivity index (χ1v) is 6.02. The third-order valence-electron chi connectivity index (χ3n) is 2.80. The molecule has 0 saturated heterocycles. The number of aryl methyl sites for hydroxylation is 1. The van der Waals surface area contributed by atoms with E-state index in [0.717, 1.165) is 11.1 Å². The maximum atomic E-state index is 9.32. The van der Waals surface area contributed by atoms with Crippen LogP contribution in [-0.2, 0) is 0 Å². The van der Waals surface area contributed by atoms with Crippen LogP contribution in [0.3, 0.4) is 0 Å². The van der Waals surface area contributed by atoms with Gasteiger partial charge in [0.25, 0.3) is 0 Å². The predicted octanol–water partition coefficient (Wildman–Crippen LogP) is 3.79. The molecule has 1 aliphatic rings. The third kappa shape index (κ3) is 2.75. The fraction of sp³-hybridized carbons (Fsp3) is 0.0667. The first kappa shape index (κ1) is 13.1. The highest BCUT2D eigenvalue weighted by molar-refractivity contribution is 6.46. The number of rotatable bonds is 1. The van der Waals surface area contributed by atoms with E-state index in [2.05, 4.69) is 11.2 Å². The number of allylic oxidation sites excluding steroid dienone is 6. The zero-order valence-electron chi connectivity index (χ0n) is 10.3. The lowest BCUT2D eigenvalue weighted by Crippen LogP contribution is -2.00. The SMILES string of the molecule is Cc1ccc(/C(C#N)=C2C=C/C(=N\O)C(Cl)=C\2)cc1. The number of hydrogen-bond acceptors (Lipinski definition) is 3. The Balaban J connectivity index is 2.51. The summed E-state index contributed by atoms with van der Waals surface area (Å²) in [6, 6.07) is 9.87. The molecule has 0 bridgehead atoms. The summed E-state index contributed by atoms with van der Waals surface area (Å²) >= 11 is 5.97. The molecule has 2 rings (SSSR count). The van der Waals surface area contributed by atoms with Gasteiger partial charge in [-0.3, -0.25) is 0 Å². The van der Waals surface area contributed by atoms with Crippen LogP contribution in [0.4, 0.5) is 0 Å². The first-order valence-electron chi connectivity index (χ1n) is 5.65. The van der Waals surface area contributed by atoms with E-state index in [4.69, 9.17) is 16.8 Å². The molecule has 0 fully saturated rings. The number of benzene rings is 1. The van der Waals surface area contributed by atoms with E-state index in [1.165, 1.54) is 0 Å². The van der Waals surface area contributed by atoms with Gasteiger partial charge >= 0.3 is 0 Å². The minimum absolute atomic E-state index is 0.284. The Morgan fingerprint density at radius 1 is 1.26 bits per heavy atom. The molecule has 0 unspecified atom stereocenters. The van der Waals surface area contributed by atoms with Gasteiger partial charge in [0.2, 0.25) is 0 Å². The Bertz CT molecular complexity index is 658. The van der Waals surface area contributed by atoms with Crippen molar-refractivity contribution in [3.8, 4) is 6.07 Å². The quantitative estimate of drug-likeness (QED) is 0.479. The highest BCUT2D eigenvalue weighted by Crippen LogP contribution is 2.25. The normalized spacial score (nSPS) is 19.0. The molecule has 0 spiro atoms. The average molecular weight is 271 g/mol. The Kier molecular flexibility index (Phi) is 3.84. The number of nitrogens with zero attached hydrogens (tertiary/aromatic N) is 2. The summed E-state index contributed by atoms with van der Waals surface area (Å²) in [5.41, 5.74) is 3.48. The Hall–Kier alpha value is -2.31. The number of halogens is 1. The molecule has 3 nitrogen and oxygen atoms in total. The van der Waals surface area contributed by atoms with E-state index < -0.39 is 0 Å². The minimum atomic E-state index is 0.284. The molecule has 0 radical (unpaired) electrons. The Labute approximate surface area is 116 Å². The van der Waals surface area contributed by atoms with Crippen LogP contribution in [0.2, 0.25) is 0 Å². The van der Waals surface area contributed by atoms with Gasteiger partial charge in [-0.1, -0.05) is 52.7 Å². The van der Waals surface area contributed by atoms with Crippen LogP contribution in [-0.4, -0.2) is 10.9 Å². The molecule has 0 aliphatic heterocycles. The van der Waals surface area contributed by atoms with Crippen molar-refractivity contribution in [3.63, 3.8) is 0 Å². The lowest BCUT2D eigenvalue weighted by molar-refractivity contribution is 0.320. The Morgan fingerprint density at radius 3 is 2.47 bits per heavy atom. The van der Waals surface area contributed by atoms with Crippen molar-refractivity contribution in [3.05, 3.63) is 64.2 Å². The third-order valence-corrected chi connectivity index (χ3v) is 3.10. The summed E-state index contributed by atoms with van der Waals surface area (Å²) in [5, 5.41) is 21.4. The maximum absolute atomic E-state index is 9.32. The van der Waals surface area contributed by atoms with E-state index >= 15 is 0 Å². The van der Waals surface area contributed by atoms with Gasteiger partial charge in [0.05, 0.1) is 10.6 Å². The second-order valence-electron chi connectivity index (χ2n) is 4.12. The lowest BCUT2D eigenvalue weighted by Gasteiger charge is -2.08. The molecule has 0 atom stereocenters. The van der Waals surface area contributed by atoms with Gasteiger partial charge in [-0.05, 0) is 30.2 Å². The fourth-order valence-electron chi connectivity index (χ4n) is 1.76. The van der Waals surface area contributed by atoms with Crippen molar-refractivity contribution in [1.82, 2.24) is 0 Å². The standard InChI is InChI=1S/C15H11ClN2O/c1-10-2-4-11(5-3-10)13(9-17)12-6-7-15(18-19)14(16)8-12/h2-8,19H,1H3/b13-12+,18-15+. The second kappa shape index (κ2) is 5.55. The predicted molar refractivity (Wildman–Crippen MR) is 76.0 cm³/mol. The first-order chi connectivity index (χ1) is 9.15. The van der Waals surface area contributed by atoms with E-state index in [1.54, 1.807) is 18.2 Å². The van der Waals surface area contributed by atoms with Crippen LogP contribution < -0.4 is 0 Å². The van der Waals surface area contributed by atoms with Crippen molar-refractivity contribution in [2.24, 2.45) is 5.16 Å². The molecule has 1 aliphatic carbocycles. The average Bonchev–Trinajstić information content (AvgIpc) is 2.42. The molecule has 94 valence electrons. The summed E-state index contributed by atoms with van der Waals surface area (Å²) < 4.78 is 0. The van der Waals surface area contributed by atoms with Gasteiger partial charge in [-0.15, -0.1) is 0 Å². The molecule has 1 N–H and O–H groups in total. The largest absolute Gasteiger partial charge is 0.410 e. The molecular weight excluding hydrogens is 260 g/mol. The molecule has 4 heteroatoms. The van der Waals surface area contributed by atoms with Gasteiger partial charge in [0, 0.05) is 0 Å². The van der Waals surface area contributed by atoms with Gasteiger partial charge in [0.1, 0.15) is 11.8 Å². The summed E-state index contributed by atoms with van der Waals surface area (Å²) in [7, 11) is 0. The minimum Gasteiger partial charge on any atom is -0.410 e. The Morgan fingerprint density at radius 2 is 1.95 bits per heavy atom. The van der Waals surface area contributed by atoms with Crippen LogP contribution in [0, 0.1) is 18.3 Å². The van der Waals surface area contributed by atoms with Crippen LogP contribution in [0.5, 0.6) is 0 Å². The zero-order valence-corrected chi connectivity index (χ0v) is 11.0. The van der Waals surface area contributed by atoms with Crippen molar-refractivity contribution in [1.29, 1.82) is 5.26 Å². The number of hydrogen-bond donors (Lipinski definition) is 1. The molecule has 0 saturated carbocycles. The summed E-state index contributed by atoms with van der Waals surface area (Å²) in [6.07, 6.45) is 4.90. The molecule has 0 amide bonds. The van der Waals surface area contributed by atoms with Gasteiger partial charge < -0.3 is 5.21 Å². The molecular formula is C15H11ClN2O. The van der Waals surface area contributed by atoms with Crippen LogP contribution in [0.1, 0.15) is 11.1 Å². The number of oxime groups is 1.